The molecule has 0 saturated heterocycles. The maximum atomic E-state index is 6.43. The first-order valence-corrected chi connectivity index (χ1v) is 11.1. The summed E-state index contributed by atoms with van der Waals surface area (Å²) in [6.07, 6.45) is 0.512. The van der Waals surface area contributed by atoms with Crippen LogP contribution in [0.1, 0.15) is 42.3 Å². The van der Waals surface area contributed by atoms with Crippen molar-refractivity contribution in [3.8, 4) is 17.2 Å². The normalized spacial score (nSPS) is 19.2. The van der Waals surface area contributed by atoms with Crippen LogP contribution in [0.5, 0.6) is 17.2 Å². The summed E-state index contributed by atoms with van der Waals surface area (Å²) in [5.41, 5.74) is 4.32. The summed E-state index contributed by atoms with van der Waals surface area (Å²) in [5.74, 6) is 2.59. The zero-order chi connectivity index (χ0) is 21.4. The van der Waals surface area contributed by atoms with Crippen LogP contribution in [0.3, 0.4) is 0 Å². The molecule has 31 heavy (non-hydrogen) atoms. The third kappa shape index (κ3) is 3.76. The molecule has 0 saturated carbocycles. The number of hydrazone groups is 1. The first-order chi connectivity index (χ1) is 15.2. The van der Waals surface area contributed by atoms with E-state index in [1.54, 1.807) is 7.11 Å². The van der Waals surface area contributed by atoms with Crippen molar-refractivity contribution < 1.29 is 14.2 Å². The van der Waals surface area contributed by atoms with Crippen LogP contribution in [0.2, 0.25) is 0 Å². The second-order valence-electron chi connectivity index (χ2n) is 7.53. The minimum absolute atomic E-state index is 0.106. The Morgan fingerprint density at radius 3 is 2.48 bits per heavy atom. The molecule has 0 bridgehead atoms. The number of rotatable bonds is 5. The Kier molecular flexibility index (Phi) is 5.32. The van der Waals surface area contributed by atoms with Crippen molar-refractivity contribution in [2.75, 3.05) is 13.7 Å². The van der Waals surface area contributed by atoms with Gasteiger partial charge in [0.2, 0.25) is 6.23 Å². The minimum atomic E-state index is -0.301. The summed E-state index contributed by atoms with van der Waals surface area (Å²) >= 11 is 3.61. The van der Waals surface area contributed by atoms with Gasteiger partial charge in [0.15, 0.2) is 0 Å². The number of nitrogens with zero attached hydrogens (tertiary/aromatic N) is 2. The zero-order valence-electron chi connectivity index (χ0n) is 17.4. The molecule has 5 rings (SSSR count). The molecule has 0 fully saturated rings. The molecule has 0 amide bonds. The van der Waals surface area contributed by atoms with E-state index < -0.39 is 0 Å². The summed E-state index contributed by atoms with van der Waals surface area (Å²) in [6, 6.07) is 22.4. The molecule has 2 aliphatic rings. The fraction of sp³-hybridized carbons (Fsp3) is 0.240. The van der Waals surface area contributed by atoms with E-state index in [4.69, 9.17) is 19.3 Å². The van der Waals surface area contributed by atoms with Crippen LogP contribution in [0.25, 0.3) is 0 Å². The van der Waals surface area contributed by atoms with E-state index in [1.165, 1.54) is 0 Å². The zero-order valence-corrected chi connectivity index (χ0v) is 19.0. The van der Waals surface area contributed by atoms with Crippen molar-refractivity contribution in [3.63, 3.8) is 0 Å². The Morgan fingerprint density at radius 2 is 1.77 bits per heavy atom. The second-order valence-corrected chi connectivity index (χ2v) is 8.45. The average molecular weight is 479 g/mol. The van der Waals surface area contributed by atoms with Crippen LogP contribution in [0.15, 0.2) is 76.3 Å². The minimum Gasteiger partial charge on any atom is -0.497 e. The van der Waals surface area contributed by atoms with Gasteiger partial charge in [0, 0.05) is 22.0 Å². The van der Waals surface area contributed by atoms with E-state index in [0.29, 0.717) is 6.61 Å². The molecule has 0 aliphatic carbocycles. The van der Waals surface area contributed by atoms with Gasteiger partial charge in [-0.3, -0.25) is 0 Å². The Labute approximate surface area is 190 Å². The summed E-state index contributed by atoms with van der Waals surface area (Å²) in [7, 11) is 1.67. The molecule has 0 aromatic heterocycles. The molecule has 5 nitrogen and oxygen atoms in total. The highest BCUT2D eigenvalue weighted by molar-refractivity contribution is 9.10. The maximum Gasteiger partial charge on any atom is 0.213 e. The number of hydrogen-bond acceptors (Lipinski definition) is 5. The van der Waals surface area contributed by atoms with Crippen molar-refractivity contribution in [3.05, 3.63) is 87.9 Å². The summed E-state index contributed by atoms with van der Waals surface area (Å²) in [5, 5.41) is 7.11. The molecule has 6 heteroatoms. The Hall–Kier alpha value is -2.99. The Morgan fingerprint density at radius 1 is 1.03 bits per heavy atom. The number of ether oxygens (including phenoxy) is 3. The van der Waals surface area contributed by atoms with E-state index in [9.17, 15) is 0 Å². The molecule has 0 radical (unpaired) electrons. The standard InChI is InChI=1S/C25H23BrN2O3/c1-3-30-20-11-4-16(5-12-20)22-15-23-21-14-18(26)8-13-24(21)31-25(28(23)27-22)17-6-9-19(29-2)10-7-17/h4-14,23,25H,3,15H2,1-2H3/t23-,25+/m1/s1. The van der Waals surface area contributed by atoms with E-state index in [-0.39, 0.29) is 12.3 Å². The topological polar surface area (TPSA) is 43.3 Å². The fourth-order valence-electron chi connectivity index (χ4n) is 4.13. The van der Waals surface area contributed by atoms with Gasteiger partial charge in [-0.15, -0.1) is 0 Å². The van der Waals surface area contributed by atoms with Gasteiger partial charge in [0.05, 0.1) is 25.5 Å². The number of hydrogen-bond donors (Lipinski definition) is 0. The fourth-order valence-corrected chi connectivity index (χ4v) is 4.51. The van der Waals surface area contributed by atoms with Gasteiger partial charge in [0.25, 0.3) is 0 Å². The average Bonchev–Trinajstić information content (AvgIpc) is 3.25. The number of halogens is 1. The highest BCUT2D eigenvalue weighted by Gasteiger charge is 2.41. The van der Waals surface area contributed by atoms with Crippen molar-refractivity contribution in [1.82, 2.24) is 5.01 Å². The highest BCUT2D eigenvalue weighted by atomic mass is 79.9. The maximum absolute atomic E-state index is 6.43. The van der Waals surface area contributed by atoms with Gasteiger partial charge in [0.1, 0.15) is 17.2 Å². The molecule has 158 valence electrons. The molecular formula is C25H23BrN2O3. The Bertz CT molecular complexity index is 1110. The first-order valence-electron chi connectivity index (χ1n) is 10.4. The van der Waals surface area contributed by atoms with Crippen LogP contribution in [0, 0.1) is 0 Å². The number of benzene rings is 3. The third-order valence-corrected chi connectivity index (χ3v) is 6.14. The van der Waals surface area contributed by atoms with Gasteiger partial charge in [-0.2, -0.15) is 5.10 Å². The monoisotopic (exact) mass is 478 g/mol. The molecule has 2 heterocycles. The predicted octanol–water partition coefficient (Wildman–Crippen LogP) is 6.10. The molecule has 0 unspecified atom stereocenters. The number of methoxy groups -OCH3 is 1. The third-order valence-electron chi connectivity index (χ3n) is 5.65. The highest BCUT2D eigenvalue weighted by Crippen LogP contribution is 2.48. The van der Waals surface area contributed by atoms with Crippen molar-refractivity contribution >= 4 is 21.6 Å². The molecule has 0 N–H and O–H groups in total. The molecular weight excluding hydrogens is 456 g/mol. The molecule has 2 atom stereocenters. The van der Waals surface area contributed by atoms with Gasteiger partial charge in [-0.25, -0.2) is 5.01 Å². The SMILES string of the molecule is CCOc1ccc(C2=NN3[C@H](C2)c2cc(Br)ccc2O[C@H]3c2ccc(OC)cc2)cc1. The van der Waals surface area contributed by atoms with E-state index in [2.05, 4.69) is 39.1 Å². The van der Waals surface area contributed by atoms with Crippen molar-refractivity contribution in [2.45, 2.75) is 25.6 Å². The van der Waals surface area contributed by atoms with Crippen LogP contribution >= 0.6 is 15.9 Å². The molecule has 2 aliphatic heterocycles. The lowest BCUT2D eigenvalue weighted by molar-refractivity contribution is -0.0191. The lowest BCUT2D eigenvalue weighted by Crippen LogP contribution is -2.33. The molecule has 0 spiro atoms. The van der Waals surface area contributed by atoms with Gasteiger partial charge in [-0.1, -0.05) is 15.9 Å². The van der Waals surface area contributed by atoms with Crippen molar-refractivity contribution in [2.24, 2.45) is 5.10 Å². The second kappa shape index (κ2) is 8.27. The first kappa shape index (κ1) is 19.9. The number of fused-ring (bicyclic) bond motifs is 3. The van der Waals surface area contributed by atoms with Crippen LogP contribution in [-0.2, 0) is 0 Å². The smallest absolute Gasteiger partial charge is 0.213 e. The van der Waals surface area contributed by atoms with Crippen molar-refractivity contribution in [1.29, 1.82) is 0 Å². The predicted molar refractivity (Wildman–Crippen MR) is 124 cm³/mol. The Balaban J connectivity index is 1.53. The van der Waals surface area contributed by atoms with Crippen LogP contribution in [-0.4, -0.2) is 24.4 Å². The summed E-state index contributed by atoms with van der Waals surface area (Å²) < 4.78 is 18.4. The van der Waals surface area contributed by atoms with Gasteiger partial charge in [-0.05, 0) is 79.2 Å². The lowest BCUT2D eigenvalue weighted by Gasteiger charge is -2.38. The molecule has 3 aromatic rings. The van der Waals surface area contributed by atoms with Gasteiger partial charge >= 0.3 is 0 Å². The lowest BCUT2D eigenvalue weighted by atomic mass is 9.96. The molecule has 3 aromatic carbocycles. The van der Waals surface area contributed by atoms with E-state index >= 15 is 0 Å². The van der Waals surface area contributed by atoms with E-state index in [1.807, 2.05) is 55.5 Å². The summed E-state index contributed by atoms with van der Waals surface area (Å²) in [6.45, 7) is 2.64. The van der Waals surface area contributed by atoms with Crippen LogP contribution < -0.4 is 14.2 Å². The van der Waals surface area contributed by atoms with Crippen LogP contribution in [0.4, 0.5) is 0 Å². The quantitative estimate of drug-likeness (QED) is 0.444. The largest absolute Gasteiger partial charge is 0.497 e. The summed E-state index contributed by atoms with van der Waals surface area (Å²) in [4.78, 5) is 0. The van der Waals surface area contributed by atoms with E-state index in [0.717, 1.165) is 50.5 Å². The van der Waals surface area contributed by atoms with Gasteiger partial charge < -0.3 is 14.2 Å².